The van der Waals surface area contributed by atoms with Crippen LogP contribution in [0.4, 0.5) is 11.5 Å². The van der Waals surface area contributed by atoms with E-state index in [0.717, 1.165) is 31.9 Å². The summed E-state index contributed by atoms with van der Waals surface area (Å²) in [7, 11) is 1.70. The van der Waals surface area contributed by atoms with Crippen LogP contribution in [-0.2, 0) is 4.74 Å². The maximum atomic E-state index is 11.2. The van der Waals surface area contributed by atoms with Crippen LogP contribution in [0.5, 0.6) is 0 Å². The van der Waals surface area contributed by atoms with Gasteiger partial charge in [0.05, 0.1) is 24.1 Å². The number of hydrogen-bond donors (Lipinski definition) is 2. The van der Waals surface area contributed by atoms with Crippen molar-refractivity contribution < 1.29 is 9.53 Å². The third-order valence-electron chi connectivity index (χ3n) is 3.20. The maximum Gasteiger partial charge on any atom is 0.250 e. The number of nitrogen functional groups attached to an aromatic ring is 1. The molecule has 6 heteroatoms. The molecule has 18 heavy (non-hydrogen) atoms. The number of methoxy groups -OCH3 is 1. The molecular formula is C12H18N4O2. The summed E-state index contributed by atoms with van der Waals surface area (Å²) in [5.41, 5.74) is 11.6. The summed E-state index contributed by atoms with van der Waals surface area (Å²) < 4.78 is 5.15. The van der Waals surface area contributed by atoms with Gasteiger partial charge in [0.25, 0.3) is 5.91 Å². The van der Waals surface area contributed by atoms with E-state index >= 15 is 0 Å². The molecular weight excluding hydrogens is 232 g/mol. The van der Waals surface area contributed by atoms with Crippen molar-refractivity contribution in [3.05, 3.63) is 17.8 Å². The number of nitrogens with zero attached hydrogens (tertiary/aromatic N) is 2. The van der Waals surface area contributed by atoms with Gasteiger partial charge in [-0.25, -0.2) is 4.98 Å². The molecule has 1 unspecified atom stereocenters. The van der Waals surface area contributed by atoms with Gasteiger partial charge >= 0.3 is 0 Å². The predicted molar refractivity (Wildman–Crippen MR) is 69.4 cm³/mol. The van der Waals surface area contributed by atoms with Crippen LogP contribution >= 0.6 is 0 Å². The lowest BCUT2D eigenvalue weighted by Gasteiger charge is -2.18. The lowest BCUT2D eigenvalue weighted by atomic mass is 10.1. The van der Waals surface area contributed by atoms with Crippen molar-refractivity contribution in [2.45, 2.75) is 6.42 Å². The Morgan fingerprint density at radius 2 is 2.44 bits per heavy atom. The average Bonchev–Trinajstić information content (AvgIpc) is 2.78. The van der Waals surface area contributed by atoms with Crippen LogP contribution < -0.4 is 16.4 Å². The zero-order valence-corrected chi connectivity index (χ0v) is 10.4. The van der Waals surface area contributed by atoms with Crippen molar-refractivity contribution in [3.8, 4) is 0 Å². The molecule has 0 spiro atoms. The lowest BCUT2D eigenvalue weighted by Crippen LogP contribution is -2.23. The van der Waals surface area contributed by atoms with Gasteiger partial charge in [-0.3, -0.25) is 4.79 Å². The first-order valence-corrected chi connectivity index (χ1v) is 5.91. The number of carbonyl (C=O) groups excluding carboxylic acids is 1. The van der Waals surface area contributed by atoms with E-state index < -0.39 is 5.91 Å². The second kappa shape index (κ2) is 5.22. The molecule has 4 N–H and O–H groups in total. The highest BCUT2D eigenvalue weighted by atomic mass is 16.5. The van der Waals surface area contributed by atoms with Gasteiger partial charge in [-0.15, -0.1) is 0 Å². The fourth-order valence-corrected chi connectivity index (χ4v) is 2.25. The SMILES string of the molecule is COCC1CCN(c2cc(C(N)=O)c(N)cn2)C1. The number of ether oxygens (including phenoxy) is 1. The molecule has 6 nitrogen and oxygen atoms in total. The topological polar surface area (TPSA) is 94.5 Å². The monoisotopic (exact) mass is 250 g/mol. The number of aromatic nitrogens is 1. The Balaban J connectivity index is 2.15. The van der Waals surface area contributed by atoms with Crippen LogP contribution in [0.3, 0.4) is 0 Å². The quantitative estimate of drug-likeness (QED) is 0.798. The van der Waals surface area contributed by atoms with Crippen molar-refractivity contribution in [3.63, 3.8) is 0 Å². The molecule has 1 aliphatic heterocycles. The number of amides is 1. The third kappa shape index (κ3) is 2.53. The highest BCUT2D eigenvalue weighted by Gasteiger charge is 2.24. The van der Waals surface area contributed by atoms with Crippen molar-refractivity contribution in [2.75, 3.05) is 37.4 Å². The second-order valence-electron chi connectivity index (χ2n) is 4.55. The van der Waals surface area contributed by atoms with E-state index in [-0.39, 0.29) is 0 Å². The number of carbonyl (C=O) groups is 1. The van der Waals surface area contributed by atoms with E-state index in [4.69, 9.17) is 16.2 Å². The highest BCUT2D eigenvalue weighted by molar-refractivity contribution is 5.98. The number of hydrogen-bond acceptors (Lipinski definition) is 5. The fraction of sp³-hybridized carbons (Fsp3) is 0.500. The van der Waals surface area contributed by atoms with E-state index in [9.17, 15) is 4.79 Å². The smallest absolute Gasteiger partial charge is 0.250 e. The van der Waals surface area contributed by atoms with E-state index in [2.05, 4.69) is 9.88 Å². The van der Waals surface area contributed by atoms with Gasteiger partial charge in [0.1, 0.15) is 5.82 Å². The van der Waals surface area contributed by atoms with Crippen LogP contribution in [0.15, 0.2) is 12.3 Å². The van der Waals surface area contributed by atoms with E-state index in [1.165, 1.54) is 6.20 Å². The molecule has 0 aromatic carbocycles. The Labute approximate surface area is 106 Å². The second-order valence-corrected chi connectivity index (χ2v) is 4.55. The number of anilines is 2. The molecule has 98 valence electrons. The predicted octanol–water partition coefficient (Wildman–Crippen LogP) is 0.235. The molecule has 0 aliphatic carbocycles. The van der Waals surface area contributed by atoms with Crippen LogP contribution in [-0.4, -0.2) is 37.7 Å². The molecule has 1 aromatic rings. The van der Waals surface area contributed by atoms with Crippen LogP contribution in [0.25, 0.3) is 0 Å². The fourth-order valence-electron chi connectivity index (χ4n) is 2.25. The number of pyridine rings is 1. The lowest BCUT2D eigenvalue weighted by molar-refractivity contribution is 0.100. The minimum Gasteiger partial charge on any atom is -0.397 e. The van der Waals surface area contributed by atoms with Crippen molar-refractivity contribution in [1.29, 1.82) is 0 Å². The van der Waals surface area contributed by atoms with Gasteiger partial charge in [0.15, 0.2) is 0 Å². The van der Waals surface area contributed by atoms with Crippen LogP contribution in [0.1, 0.15) is 16.8 Å². The Morgan fingerprint density at radius 3 is 3.11 bits per heavy atom. The van der Waals surface area contributed by atoms with Gasteiger partial charge in [-0.2, -0.15) is 0 Å². The Morgan fingerprint density at radius 1 is 1.67 bits per heavy atom. The molecule has 2 heterocycles. The summed E-state index contributed by atoms with van der Waals surface area (Å²) in [5, 5.41) is 0. The van der Waals surface area contributed by atoms with Gasteiger partial charge in [0, 0.05) is 26.1 Å². The Bertz CT molecular complexity index is 450. The summed E-state index contributed by atoms with van der Waals surface area (Å²) in [6, 6.07) is 1.66. The van der Waals surface area contributed by atoms with E-state index in [1.54, 1.807) is 13.2 Å². The summed E-state index contributed by atoms with van der Waals surface area (Å²) >= 11 is 0. The Hall–Kier alpha value is -1.82. The molecule has 1 saturated heterocycles. The van der Waals surface area contributed by atoms with E-state index in [1.807, 2.05) is 0 Å². The van der Waals surface area contributed by atoms with Crippen molar-refractivity contribution in [2.24, 2.45) is 11.7 Å². The molecule has 1 amide bonds. The summed E-state index contributed by atoms with van der Waals surface area (Å²) in [6.45, 7) is 2.53. The first-order valence-electron chi connectivity index (χ1n) is 5.91. The first kappa shape index (κ1) is 12.6. The minimum atomic E-state index is -0.524. The largest absolute Gasteiger partial charge is 0.397 e. The first-order chi connectivity index (χ1) is 8.61. The zero-order valence-electron chi connectivity index (χ0n) is 10.4. The van der Waals surface area contributed by atoms with Gasteiger partial charge in [0.2, 0.25) is 0 Å². The van der Waals surface area contributed by atoms with Gasteiger partial charge in [-0.05, 0) is 12.5 Å². The van der Waals surface area contributed by atoms with Crippen molar-refractivity contribution >= 4 is 17.4 Å². The van der Waals surface area contributed by atoms with Crippen LogP contribution in [0.2, 0.25) is 0 Å². The number of primary amides is 1. The molecule has 1 atom stereocenters. The Kier molecular flexibility index (Phi) is 3.66. The molecule has 0 radical (unpaired) electrons. The minimum absolute atomic E-state index is 0.318. The van der Waals surface area contributed by atoms with Crippen molar-refractivity contribution in [1.82, 2.24) is 4.98 Å². The molecule has 1 aromatic heterocycles. The molecule has 1 fully saturated rings. The molecule has 2 rings (SSSR count). The van der Waals surface area contributed by atoms with Gasteiger partial charge in [-0.1, -0.05) is 0 Å². The maximum absolute atomic E-state index is 11.2. The zero-order chi connectivity index (χ0) is 13.1. The summed E-state index contributed by atoms with van der Waals surface area (Å²) in [6.07, 6.45) is 2.55. The third-order valence-corrected chi connectivity index (χ3v) is 3.20. The van der Waals surface area contributed by atoms with E-state index in [0.29, 0.717) is 17.2 Å². The summed E-state index contributed by atoms with van der Waals surface area (Å²) in [5.74, 6) is 0.728. The highest BCUT2D eigenvalue weighted by Crippen LogP contribution is 2.24. The number of rotatable bonds is 4. The molecule has 1 aliphatic rings. The molecule has 0 saturated carbocycles. The van der Waals surface area contributed by atoms with Crippen LogP contribution in [0, 0.1) is 5.92 Å². The summed E-state index contributed by atoms with van der Waals surface area (Å²) in [4.78, 5) is 17.6. The van der Waals surface area contributed by atoms with Gasteiger partial charge < -0.3 is 21.1 Å². The average molecular weight is 250 g/mol. The number of nitrogens with two attached hydrogens (primary N) is 2. The molecule has 0 bridgehead atoms. The normalized spacial score (nSPS) is 19.2. The standard InChI is InChI=1S/C12H18N4O2/c1-18-7-8-2-3-16(6-8)11-4-9(12(14)17)10(13)5-15-11/h4-5,8H,2-3,6-7,13H2,1H3,(H2,14,17).